The highest BCUT2D eigenvalue weighted by atomic mass is 19.1. The summed E-state index contributed by atoms with van der Waals surface area (Å²) >= 11 is 0. The largest absolute Gasteiger partial charge is 0.396 e. The highest BCUT2D eigenvalue weighted by Gasteiger charge is 1.97. The summed E-state index contributed by atoms with van der Waals surface area (Å²) in [4.78, 5) is 0. The molecule has 60 valence electrons. The molecular weight excluding hydrogens is 145 g/mol. The minimum atomic E-state index is -0.410. The van der Waals surface area contributed by atoms with Crippen LogP contribution in [0.5, 0.6) is 0 Å². The molecule has 1 rings (SSSR count). The molecule has 1 aromatic carbocycles. The molecule has 11 heavy (non-hydrogen) atoms. The van der Waals surface area contributed by atoms with E-state index < -0.39 is 5.82 Å². The summed E-state index contributed by atoms with van der Waals surface area (Å²) < 4.78 is 12.6. The van der Waals surface area contributed by atoms with Gasteiger partial charge in [0, 0.05) is 6.61 Å². The maximum Gasteiger partial charge on any atom is 0.146 e. The molecule has 0 radical (unpaired) electrons. The fourth-order valence-electron chi connectivity index (χ4n) is 0.878. The van der Waals surface area contributed by atoms with Crippen LogP contribution in [0.3, 0.4) is 0 Å². The van der Waals surface area contributed by atoms with Crippen molar-refractivity contribution in [1.29, 1.82) is 0 Å². The molecule has 3 N–H and O–H groups in total. The molecule has 0 heterocycles. The maximum atomic E-state index is 12.6. The van der Waals surface area contributed by atoms with E-state index in [4.69, 9.17) is 10.8 Å². The van der Waals surface area contributed by atoms with Gasteiger partial charge in [-0.2, -0.15) is 0 Å². The van der Waals surface area contributed by atoms with E-state index in [-0.39, 0.29) is 12.3 Å². The van der Waals surface area contributed by atoms with E-state index in [0.717, 1.165) is 5.56 Å². The third-order valence-corrected chi connectivity index (χ3v) is 1.46. The Labute approximate surface area is 64.5 Å². The molecule has 0 aromatic heterocycles. The van der Waals surface area contributed by atoms with E-state index in [1.54, 1.807) is 6.07 Å². The first-order chi connectivity index (χ1) is 5.24. The number of hydrogen-bond donors (Lipinski definition) is 2. The Morgan fingerprint density at radius 2 is 2.18 bits per heavy atom. The molecule has 0 spiro atoms. The standard InChI is InChI=1S/C8H10FNO/c9-7-2-1-6(3-4-11)5-8(7)10/h1-2,5,11H,3-4,10H2. The first-order valence-electron chi connectivity index (χ1n) is 3.39. The monoisotopic (exact) mass is 155 g/mol. The summed E-state index contributed by atoms with van der Waals surface area (Å²) in [6.07, 6.45) is 0.518. The van der Waals surface area contributed by atoms with Crippen LogP contribution in [0, 0.1) is 5.82 Å². The van der Waals surface area contributed by atoms with Crippen molar-refractivity contribution in [3.8, 4) is 0 Å². The summed E-state index contributed by atoms with van der Waals surface area (Å²) in [7, 11) is 0. The van der Waals surface area contributed by atoms with E-state index in [2.05, 4.69) is 0 Å². The number of benzene rings is 1. The van der Waals surface area contributed by atoms with Crippen molar-refractivity contribution < 1.29 is 9.50 Å². The van der Waals surface area contributed by atoms with Crippen molar-refractivity contribution in [3.63, 3.8) is 0 Å². The second-order valence-electron chi connectivity index (χ2n) is 2.33. The zero-order valence-corrected chi connectivity index (χ0v) is 6.05. The highest BCUT2D eigenvalue weighted by molar-refractivity contribution is 5.42. The van der Waals surface area contributed by atoms with Gasteiger partial charge >= 0.3 is 0 Å². The first-order valence-corrected chi connectivity index (χ1v) is 3.39. The molecule has 0 aliphatic rings. The zero-order chi connectivity index (χ0) is 8.27. The van der Waals surface area contributed by atoms with Crippen LogP contribution in [0.2, 0.25) is 0 Å². The number of anilines is 1. The molecule has 0 amide bonds. The van der Waals surface area contributed by atoms with Crippen LogP contribution in [0.1, 0.15) is 5.56 Å². The minimum Gasteiger partial charge on any atom is -0.396 e. The third-order valence-electron chi connectivity index (χ3n) is 1.46. The Hall–Kier alpha value is -1.09. The van der Waals surface area contributed by atoms with Gasteiger partial charge in [-0.1, -0.05) is 6.07 Å². The number of aliphatic hydroxyl groups is 1. The fraction of sp³-hybridized carbons (Fsp3) is 0.250. The number of halogens is 1. The predicted octanol–water partition coefficient (Wildman–Crippen LogP) is 0.943. The van der Waals surface area contributed by atoms with E-state index >= 15 is 0 Å². The normalized spacial score (nSPS) is 10.0. The fourth-order valence-corrected chi connectivity index (χ4v) is 0.878. The van der Waals surface area contributed by atoms with Crippen LogP contribution in [0.4, 0.5) is 10.1 Å². The Morgan fingerprint density at radius 3 is 2.73 bits per heavy atom. The van der Waals surface area contributed by atoms with Gasteiger partial charge in [-0.3, -0.25) is 0 Å². The second-order valence-corrected chi connectivity index (χ2v) is 2.33. The van der Waals surface area contributed by atoms with Gasteiger partial charge < -0.3 is 10.8 Å². The molecule has 0 bridgehead atoms. The molecule has 0 saturated carbocycles. The van der Waals surface area contributed by atoms with Crippen LogP contribution in [-0.2, 0) is 6.42 Å². The lowest BCUT2D eigenvalue weighted by Crippen LogP contribution is -1.95. The molecular formula is C8H10FNO. The Bertz CT molecular complexity index is 250. The lowest BCUT2D eigenvalue weighted by molar-refractivity contribution is 0.299. The van der Waals surface area contributed by atoms with Gasteiger partial charge in [0.2, 0.25) is 0 Å². The third kappa shape index (κ3) is 1.91. The Kier molecular flexibility index (Phi) is 2.44. The van der Waals surface area contributed by atoms with Crippen LogP contribution >= 0.6 is 0 Å². The predicted molar refractivity (Wildman–Crippen MR) is 41.6 cm³/mol. The van der Waals surface area contributed by atoms with Crippen LogP contribution in [0.25, 0.3) is 0 Å². The van der Waals surface area contributed by atoms with E-state index in [0.29, 0.717) is 6.42 Å². The van der Waals surface area contributed by atoms with Crippen LogP contribution in [-0.4, -0.2) is 11.7 Å². The lowest BCUT2D eigenvalue weighted by Gasteiger charge is -2.00. The smallest absolute Gasteiger partial charge is 0.146 e. The number of nitrogens with two attached hydrogens (primary N) is 1. The van der Waals surface area contributed by atoms with Crippen molar-refractivity contribution >= 4 is 5.69 Å². The molecule has 0 atom stereocenters. The molecule has 0 unspecified atom stereocenters. The van der Waals surface area contributed by atoms with Gasteiger partial charge in [0.25, 0.3) is 0 Å². The molecule has 3 heteroatoms. The highest BCUT2D eigenvalue weighted by Crippen LogP contribution is 2.12. The Morgan fingerprint density at radius 1 is 1.45 bits per heavy atom. The number of rotatable bonds is 2. The van der Waals surface area contributed by atoms with Crippen molar-refractivity contribution in [3.05, 3.63) is 29.6 Å². The first kappa shape index (κ1) is 8.01. The number of nitrogen functional groups attached to an aromatic ring is 1. The van der Waals surface area contributed by atoms with Crippen molar-refractivity contribution in [2.24, 2.45) is 0 Å². The van der Waals surface area contributed by atoms with Crippen molar-refractivity contribution in [2.75, 3.05) is 12.3 Å². The average molecular weight is 155 g/mol. The molecule has 1 aromatic rings. The summed E-state index contributed by atoms with van der Waals surface area (Å²) in [5.41, 5.74) is 6.28. The molecule has 0 aliphatic heterocycles. The van der Waals surface area contributed by atoms with E-state index in [1.165, 1.54) is 12.1 Å². The zero-order valence-electron chi connectivity index (χ0n) is 6.05. The van der Waals surface area contributed by atoms with Crippen molar-refractivity contribution in [1.82, 2.24) is 0 Å². The summed E-state index contributed by atoms with van der Waals surface area (Å²) in [5, 5.41) is 8.55. The Balaban J connectivity index is 2.86. The quantitative estimate of drug-likeness (QED) is 0.624. The van der Waals surface area contributed by atoms with Crippen LogP contribution in [0.15, 0.2) is 18.2 Å². The van der Waals surface area contributed by atoms with Gasteiger partial charge in [-0.15, -0.1) is 0 Å². The maximum absolute atomic E-state index is 12.6. The van der Waals surface area contributed by atoms with Gasteiger partial charge in [-0.25, -0.2) is 4.39 Å². The molecule has 0 aliphatic carbocycles. The molecule has 2 nitrogen and oxygen atoms in total. The summed E-state index contributed by atoms with van der Waals surface area (Å²) in [6, 6.07) is 4.45. The van der Waals surface area contributed by atoms with Gasteiger partial charge in [0.1, 0.15) is 5.82 Å². The summed E-state index contributed by atoms with van der Waals surface area (Å²) in [6.45, 7) is 0.0606. The average Bonchev–Trinajstić information content (AvgIpc) is 1.98. The lowest BCUT2D eigenvalue weighted by atomic mass is 10.1. The molecule has 0 saturated heterocycles. The second kappa shape index (κ2) is 3.34. The SMILES string of the molecule is Nc1cc(CCO)ccc1F. The number of aliphatic hydroxyl groups excluding tert-OH is 1. The van der Waals surface area contributed by atoms with Gasteiger partial charge in [0.15, 0.2) is 0 Å². The van der Waals surface area contributed by atoms with Crippen LogP contribution < -0.4 is 5.73 Å². The molecule has 0 fully saturated rings. The van der Waals surface area contributed by atoms with Gasteiger partial charge in [0.05, 0.1) is 5.69 Å². The summed E-state index contributed by atoms with van der Waals surface area (Å²) in [5.74, 6) is -0.410. The number of hydrogen-bond acceptors (Lipinski definition) is 2. The topological polar surface area (TPSA) is 46.2 Å². The van der Waals surface area contributed by atoms with Gasteiger partial charge in [-0.05, 0) is 24.1 Å². The minimum absolute atomic E-state index is 0.0606. The van der Waals surface area contributed by atoms with E-state index in [1.807, 2.05) is 0 Å². The van der Waals surface area contributed by atoms with E-state index in [9.17, 15) is 4.39 Å². The van der Waals surface area contributed by atoms with Crippen molar-refractivity contribution in [2.45, 2.75) is 6.42 Å².